The molecule has 1 unspecified atom stereocenters. The molecule has 2 aromatic rings. The monoisotopic (exact) mass is 268 g/mol. The van der Waals surface area contributed by atoms with Gasteiger partial charge in [0.2, 0.25) is 0 Å². The van der Waals surface area contributed by atoms with Crippen LogP contribution in [0.1, 0.15) is 25.6 Å². The van der Waals surface area contributed by atoms with E-state index in [1.807, 2.05) is 48.1 Å². The molecule has 0 aliphatic rings. The van der Waals surface area contributed by atoms with E-state index in [1.54, 1.807) is 0 Å². The third kappa shape index (κ3) is 2.73. The van der Waals surface area contributed by atoms with Crippen LogP contribution in [0.25, 0.3) is 11.4 Å². The van der Waals surface area contributed by atoms with Gasteiger partial charge in [0.15, 0.2) is 0 Å². The molecule has 0 radical (unpaired) electrons. The minimum Gasteiger partial charge on any atom is -0.334 e. The number of nitriles is 1. The van der Waals surface area contributed by atoms with Crippen LogP contribution in [0.15, 0.2) is 36.5 Å². The minimum atomic E-state index is -0.284. The topological polar surface area (TPSA) is 44.9 Å². The van der Waals surface area contributed by atoms with Crippen molar-refractivity contribution in [2.45, 2.75) is 19.9 Å². The smallest absolute Gasteiger partial charge is 0.142 e. The van der Waals surface area contributed by atoms with E-state index in [1.165, 1.54) is 0 Å². The SMILES string of the molecule is CCN(CC)C(C#N)c1cn(C)c(-c2ccccc2)n1. The Hall–Kier alpha value is -2.12. The molecule has 0 aliphatic heterocycles. The summed E-state index contributed by atoms with van der Waals surface area (Å²) < 4.78 is 1.98. The zero-order valence-corrected chi connectivity index (χ0v) is 12.2. The van der Waals surface area contributed by atoms with Crippen LogP contribution in [0.5, 0.6) is 0 Å². The molecule has 104 valence electrons. The van der Waals surface area contributed by atoms with Crippen LogP contribution in [-0.4, -0.2) is 27.5 Å². The number of imidazole rings is 1. The van der Waals surface area contributed by atoms with Gasteiger partial charge < -0.3 is 4.57 Å². The van der Waals surface area contributed by atoms with Crippen molar-refractivity contribution in [1.29, 1.82) is 5.26 Å². The highest BCUT2D eigenvalue weighted by atomic mass is 15.2. The van der Waals surface area contributed by atoms with Gasteiger partial charge in [0.25, 0.3) is 0 Å². The molecule has 1 heterocycles. The molecule has 0 aliphatic carbocycles. The Morgan fingerprint density at radius 1 is 1.25 bits per heavy atom. The number of aromatic nitrogens is 2. The predicted octanol–water partition coefficient (Wildman–Crippen LogP) is 2.99. The maximum absolute atomic E-state index is 9.44. The largest absolute Gasteiger partial charge is 0.334 e. The van der Waals surface area contributed by atoms with Crippen LogP contribution in [-0.2, 0) is 7.05 Å². The van der Waals surface area contributed by atoms with Crippen LogP contribution in [0.3, 0.4) is 0 Å². The van der Waals surface area contributed by atoms with Gasteiger partial charge in [0.1, 0.15) is 11.9 Å². The molecular weight excluding hydrogens is 248 g/mol. The number of rotatable bonds is 5. The molecule has 4 nitrogen and oxygen atoms in total. The van der Waals surface area contributed by atoms with Crippen LogP contribution in [0.4, 0.5) is 0 Å². The van der Waals surface area contributed by atoms with Crippen molar-refractivity contribution in [3.63, 3.8) is 0 Å². The fourth-order valence-electron chi connectivity index (χ4n) is 2.40. The van der Waals surface area contributed by atoms with Crippen molar-refractivity contribution in [2.75, 3.05) is 13.1 Å². The third-order valence-electron chi connectivity index (χ3n) is 3.51. The van der Waals surface area contributed by atoms with Crippen molar-refractivity contribution >= 4 is 0 Å². The molecule has 0 amide bonds. The number of hydrogen-bond donors (Lipinski definition) is 0. The normalized spacial score (nSPS) is 12.3. The zero-order chi connectivity index (χ0) is 14.5. The highest BCUT2D eigenvalue weighted by Crippen LogP contribution is 2.23. The fraction of sp³-hybridized carbons (Fsp3) is 0.375. The summed E-state index contributed by atoms with van der Waals surface area (Å²) in [5.74, 6) is 0.896. The van der Waals surface area contributed by atoms with E-state index in [2.05, 4.69) is 29.8 Å². The van der Waals surface area contributed by atoms with E-state index in [4.69, 9.17) is 0 Å². The standard InChI is InChI=1S/C16H20N4/c1-4-20(5-2)15(11-17)14-12-19(3)16(18-14)13-9-7-6-8-10-13/h6-10,12,15H,4-5H2,1-3H3. The second kappa shape index (κ2) is 6.36. The van der Waals surface area contributed by atoms with Gasteiger partial charge in [-0.05, 0) is 13.1 Å². The lowest BCUT2D eigenvalue weighted by molar-refractivity contribution is 0.259. The van der Waals surface area contributed by atoms with Crippen molar-refractivity contribution in [2.24, 2.45) is 7.05 Å². The molecule has 1 atom stereocenters. The number of hydrogen-bond acceptors (Lipinski definition) is 3. The van der Waals surface area contributed by atoms with Crippen LogP contribution >= 0.6 is 0 Å². The molecule has 1 aromatic carbocycles. The maximum Gasteiger partial charge on any atom is 0.142 e. The lowest BCUT2D eigenvalue weighted by Crippen LogP contribution is -2.27. The number of benzene rings is 1. The summed E-state index contributed by atoms with van der Waals surface area (Å²) in [6, 6.07) is 12.1. The van der Waals surface area contributed by atoms with Crippen molar-refractivity contribution in [3.8, 4) is 17.5 Å². The third-order valence-corrected chi connectivity index (χ3v) is 3.51. The van der Waals surface area contributed by atoms with E-state index in [0.29, 0.717) is 0 Å². The second-order valence-corrected chi connectivity index (χ2v) is 4.72. The predicted molar refractivity (Wildman–Crippen MR) is 79.9 cm³/mol. The van der Waals surface area contributed by atoms with Gasteiger partial charge in [-0.25, -0.2) is 4.98 Å². The van der Waals surface area contributed by atoms with Gasteiger partial charge in [-0.3, -0.25) is 4.90 Å². The summed E-state index contributed by atoms with van der Waals surface area (Å²) in [7, 11) is 1.97. The van der Waals surface area contributed by atoms with Gasteiger partial charge in [0.05, 0.1) is 11.8 Å². The first-order valence-electron chi connectivity index (χ1n) is 6.93. The Balaban J connectivity index is 2.38. The van der Waals surface area contributed by atoms with E-state index >= 15 is 0 Å². The molecule has 0 fully saturated rings. The zero-order valence-electron chi connectivity index (χ0n) is 12.2. The van der Waals surface area contributed by atoms with E-state index in [0.717, 1.165) is 30.2 Å². The van der Waals surface area contributed by atoms with E-state index in [-0.39, 0.29) is 6.04 Å². The summed E-state index contributed by atoms with van der Waals surface area (Å²) in [6.45, 7) is 5.81. The summed E-state index contributed by atoms with van der Waals surface area (Å²) in [5, 5.41) is 9.44. The lowest BCUT2D eigenvalue weighted by Gasteiger charge is -2.22. The molecular formula is C16H20N4. The minimum absolute atomic E-state index is 0.284. The van der Waals surface area contributed by atoms with Crippen LogP contribution < -0.4 is 0 Å². The van der Waals surface area contributed by atoms with Crippen molar-refractivity contribution < 1.29 is 0 Å². The first-order valence-corrected chi connectivity index (χ1v) is 6.93. The fourth-order valence-corrected chi connectivity index (χ4v) is 2.40. The molecule has 20 heavy (non-hydrogen) atoms. The van der Waals surface area contributed by atoms with Gasteiger partial charge in [-0.15, -0.1) is 0 Å². The lowest BCUT2D eigenvalue weighted by atomic mass is 10.2. The van der Waals surface area contributed by atoms with E-state index in [9.17, 15) is 5.26 Å². The quantitative estimate of drug-likeness (QED) is 0.837. The molecule has 0 bridgehead atoms. The van der Waals surface area contributed by atoms with Crippen molar-refractivity contribution in [3.05, 3.63) is 42.2 Å². The average molecular weight is 268 g/mol. The maximum atomic E-state index is 9.44. The Labute approximate surface area is 120 Å². The highest BCUT2D eigenvalue weighted by molar-refractivity contribution is 5.55. The van der Waals surface area contributed by atoms with Crippen LogP contribution in [0.2, 0.25) is 0 Å². The summed E-state index contributed by atoms with van der Waals surface area (Å²) in [6.07, 6.45) is 1.95. The Kier molecular flexibility index (Phi) is 4.54. The number of nitrogens with zero attached hydrogens (tertiary/aromatic N) is 4. The van der Waals surface area contributed by atoms with E-state index < -0.39 is 0 Å². The average Bonchev–Trinajstić information content (AvgIpc) is 2.87. The molecule has 0 N–H and O–H groups in total. The molecule has 1 aromatic heterocycles. The first kappa shape index (κ1) is 14.3. The molecule has 0 spiro atoms. The Morgan fingerprint density at radius 3 is 2.45 bits per heavy atom. The molecule has 2 rings (SSSR count). The summed E-state index contributed by atoms with van der Waals surface area (Å²) >= 11 is 0. The van der Waals surface area contributed by atoms with Gasteiger partial charge in [-0.2, -0.15) is 5.26 Å². The van der Waals surface area contributed by atoms with Gasteiger partial charge >= 0.3 is 0 Å². The second-order valence-electron chi connectivity index (χ2n) is 4.72. The molecule has 4 heteroatoms. The molecule has 0 saturated heterocycles. The summed E-state index contributed by atoms with van der Waals surface area (Å²) in [5.41, 5.74) is 1.88. The van der Waals surface area contributed by atoms with Gasteiger partial charge in [-0.1, -0.05) is 44.2 Å². The van der Waals surface area contributed by atoms with Gasteiger partial charge in [0, 0.05) is 18.8 Å². The van der Waals surface area contributed by atoms with Crippen LogP contribution in [0, 0.1) is 11.3 Å². The highest BCUT2D eigenvalue weighted by Gasteiger charge is 2.21. The Morgan fingerprint density at radius 2 is 1.90 bits per heavy atom. The molecule has 0 saturated carbocycles. The summed E-state index contributed by atoms with van der Waals surface area (Å²) in [4.78, 5) is 6.78. The first-order chi connectivity index (χ1) is 9.71. The Bertz CT molecular complexity index is 591. The number of aryl methyl sites for hydroxylation is 1. The van der Waals surface area contributed by atoms with Crippen molar-refractivity contribution in [1.82, 2.24) is 14.5 Å².